The zero-order valence-electron chi connectivity index (χ0n) is 15.0. The molecule has 1 fully saturated rings. The van der Waals surface area contributed by atoms with E-state index in [0.29, 0.717) is 25.8 Å². The second-order valence-electron chi connectivity index (χ2n) is 6.52. The molecule has 9 heteroatoms. The number of methoxy groups -OCH3 is 1. The van der Waals surface area contributed by atoms with Gasteiger partial charge in [0.2, 0.25) is 15.9 Å². The molecular formula is C18H23N3O4S2. The van der Waals surface area contributed by atoms with Crippen LogP contribution in [0.15, 0.2) is 46.1 Å². The molecule has 146 valence electrons. The largest absolute Gasteiger partial charge is 0.380 e. The van der Waals surface area contributed by atoms with Crippen LogP contribution in [0.5, 0.6) is 0 Å². The highest BCUT2D eigenvalue weighted by atomic mass is 32.2. The number of nitrogens with zero attached hydrogens (tertiary/aromatic N) is 1. The van der Waals surface area contributed by atoms with Crippen molar-refractivity contribution >= 4 is 27.3 Å². The molecular weight excluding hydrogens is 386 g/mol. The van der Waals surface area contributed by atoms with Crippen molar-refractivity contribution in [1.29, 1.82) is 0 Å². The summed E-state index contributed by atoms with van der Waals surface area (Å²) in [5.41, 5.74) is 2.56. The summed E-state index contributed by atoms with van der Waals surface area (Å²) in [5, 5.41) is 4.80. The quantitative estimate of drug-likeness (QED) is 0.728. The molecule has 2 N–H and O–H groups in total. The van der Waals surface area contributed by atoms with Crippen molar-refractivity contribution in [3.63, 3.8) is 0 Å². The number of hydrogen-bond donors (Lipinski definition) is 2. The monoisotopic (exact) mass is 409 g/mol. The lowest BCUT2D eigenvalue weighted by Gasteiger charge is -2.34. The third kappa shape index (κ3) is 5.13. The number of hydrogen-bond acceptors (Lipinski definition) is 6. The molecule has 3 rings (SSSR count). The van der Waals surface area contributed by atoms with Crippen molar-refractivity contribution < 1.29 is 17.9 Å². The normalized spacial score (nSPS) is 23.1. The fourth-order valence-electron chi connectivity index (χ4n) is 3.28. The first kappa shape index (κ1) is 19.9. The minimum Gasteiger partial charge on any atom is -0.380 e. The van der Waals surface area contributed by atoms with Crippen LogP contribution in [0, 0.1) is 5.92 Å². The molecule has 0 saturated heterocycles. The highest BCUT2D eigenvalue weighted by Crippen LogP contribution is 2.28. The van der Waals surface area contributed by atoms with Crippen LogP contribution in [0.4, 0.5) is 0 Å². The van der Waals surface area contributed by atoms with Crippen molar-refractivity contribution in [1.82, 2.24) is 15.0 Å². The predicted octanol–water partition coefficient (Wildman–Crippen LogP) is 1.92. The minimum absolute atomic E-state index is 0.0468. The van der Waals surface area contributed by atoms with Gasteiger partial charge in [0, 0.05) is 24.4 Å². The Labute approximate surface area is 163 Å². The van der Waals surface area contributed by atoms with Crippen molar-refractivity contribution in [2.75, 3.05) is 7.11 Å². The number of ether oxygens (including phenoxy) is 1. The number of sulfonamides is 1. The Hall–Kier alpha value is -1.81. The number of carbonyl (C=O) groups excluding carboxylic acids is 1. The van der Waals surface area contributed by atoms with Gasteiger partial charge in [-0.05, 0) is 31.4 Å². The number of carbonyl (C=O) groups is 1. The Bertz CT molecular complexity index is 841. The van der Waals surface area contributed by atoms with E-state index in [2.05, 4.69) is 15.0 Å². The molecule has 0 bridgehead atoms. The maximum atomic E-state index is 12.6. The summed E-state index contributed by atoms with van der Waals surface area (Å²) in [7, 11) is -2.07. The summed E-state index contributed by atoms with van der Waals surface area (Å²) in [6, 6.07) is 7.90. The first-order chi connectivity index (χ1) is 13.0. The Morgan fingerprint density at radius 3 is 2.74 bits per heavy atom. The van der Waals surface area contributed by atoms with Gasteiger partial charge in [0.25, 0.3) is 0 Å². The number of aromatic nitrogens is 1. The van der Waals surface area contributed by atoms with Crippen molar-refractivity contribution in [3.8, 4) is 0 Å². The molecule has 3 atom stereocenters. The second-order valence-corrected chi connectivity index (χ2v) is 8.96. The van der Waals surface area contributed by atoms with Crippen LogP contribution >= 0.6 is 11.3 Å². The summed E-state index contributed by atoms with van der Waals surface area (Å²) >= 11 is 1.49. The molecule has 7 nitrogen and oxygen atoms in total. The van der Waals surface area contributed by atoms with Crippen LogP contribution in [0.3, 0.4) is 0 Å². The number of benzene rings is 1. The molecule has 1 aliphatic rings. The maximum absolute atomic E-state index is 12.6. The molecule has 2 aromatic rings. The van der Waals surface area contributed by atoms with E-state index in [0.717, 1.165) is 5.69 Å². The minimum atomic E-state index is -3.62. The van der Waals surface area contributed by atoms with E-state index >= 15 is 0 Å². The van der Waals surface area contributed by atoms with Crippen molar-refractivity contribution in [3.05, 3.63) is 46.9 Å². The molecule has 1 aromatic carbocycles. The first-order valence-electron chi connectivity index (χ1n) is 8.74. The second kappa shape index (κ2) is 8.92. The number of nitrogens with one attached hydrogen (secondary N) is 2. The third-order valence-electron chi connectivity index (χ3n) is 4.75. The molecule has 1 aromatic heterocycles. The van der Waals surface area contributed by atoms with Gasteiger partial charge in [-0.25, -0.2) is 18.1 Å². The number of amides is 1. The molecule has 0 unspecified atom stereocenters. The standard InChI is InChI=1S/C18H23N3O4S2/c1-25-17-9-13(18(22)19-10-14-11-26-12-20-14)7-8-16(17)21-27(23,24)15-5-3-2-4-6-15/h2-6,11-13,16-17,21H,7-10H2,1H3,(H,19,22)/t13-,16-,17-/m0/s1. The van der Waals surface area contributed by atoms with E-state index in [1.165, 1.54) is 11.3 Å². The third-order valence-corrected chi connectivity index (χ3v) is 6.89. The van der Waals surface area contributed by atoms with Gasteiger partial charge in [-0.3, -0.25) is 4.79 Å². The molecule has 1 saturated carbocycles. The highest BCUT2D eigenvalue weighted by Gasteiger charge is 2.36. The van der Waals surface area contributed by atoms with Gasteiger partial charge < -0.3 is 10.1 Å². The summed E-state index contributed by atoms with van der Waals surface area (Å²) < 4.78 is 33.4. The topological polar surface area (TPSA) is 97.4 Å². The Balaban J connectivity index is 1.58. The first-order valence-corrected chi connectivity index (χ1v) is 11.2. The fraction of sp³-hybridized carbons (Fsp3) is 0.444. The number of rotatable bonds is 7. The van der Waals surface area contributed by atoms with Gasteiger partial charge in [-0.1, -0.05) is 18.2 Å². The van der Waals surface area contributed by atoms with Crippen LogP contribution in [-0.4, -0.2) is 38.6 Å². The van der Waals surface area contributed by atoms with Gasteiger partial charge in [-0.2, -0.15) is 0 Å². The summed E-state index contributed by atoms with van der Waals surface area (Å²) in [6.07, 6.45) is 1.26. The summed E-state index contributed by atoms with van der Waals surface area (Å²) in [6.45, 7) is 0.403. The lowest BCUT2D eigenvalue weighted by Crippen LogP contribution is -2.49. The zero-order chi connectivity index (χ0) is 19.3. The Morgan fingerprint density at radius 2 is 2.07 bits per heavy atom. The molecule has 0 spiro atoms. The van der Waals surface area contributed by atoms with E-state index in [1.54, 1.807) is 43.0 Å². The van der Waals surface area contributed by atoms with E-state index < -0.39 is 10.0 Å². The van der Waals surface area contributed by atoms with Crippen LogP contribution < -0.4 is 10.0 Å². The van der Waals surface area contributed by atoms with Crippen molar-refractivity contribution in [2.24, 2.45) is 5.92 Å². The molecule has 27 heavy (non-hydrogen) atoms. The predicted molar refractivity (Wildman–Crippen MR) is 103 cm³/mol. The van der Waals surface area contributed by atoms with Gasteiger partial charge in [0.05, 0.1) is 28.7 Å². The average Bonchev–Trinajstić information content (AvgIpc) is 3.20. The molecule has 0 aliphatic heterocycles. The lowest BCUT2D eigenvalue weighted by atomic mass is 9.83. The van der Waals surface area contributed by atoms with Gasteiger partial charge in [0.1, 0.15) is 0 Å². The van der Waals surface area contributed by atoms with E-state index in [9.17, 15) is 13.2 Å². The van der Waals surface area contributed by atoms with E-state index in [1.807, 2.05) is 5.38 Å². The van der Waals surface area contributed by atoms with Gasteiger partial charge in [-0.15, -0.1) is 11.3 Å². The smallest absolute Gasteiger partial charge is 0.240 e. The van der Waals surface area contributed by atoms with Crippen LogP contribution in [0.1, 0.15) is 25.0 Å². The molecule has 0 radical (unpaired) electrons. The Morgan fingerprint density at radius 1 is 1.30 bits per heavy atom. The average molecular weight is 410 g/mol. The fourth-order valence-corrected chi connectivity index (χ4v) is 5.15. The van der Waals surface area contributed by atoms with Gasteiger partial charge in [0.15, 0.2) is 0 Å². The molecule has 1 aliphatic carbocycles. The molecule has 1 amide bonds. The molecule has 1 heterocycles. The van der Waals surface area contributed by atoms with Crippen LogP contribution in [0.2, 0.25) is 0 Å². The summed E-state index contributed by atoms with van der Waals surface area (Å²) in [4.78, 5) is 16.8. The maximum Gasteiger partial charge on any atom is 0.240 e. The lowest BCUT2D eigenvalue weighted by molar-refractivity contribution is -0.128. The zero-order valence-corrected chi connectivity index (χ0v) is 16.6. The Kier molecular flexibility index (Phi) is 6.59. The van der Waals surface area contributed by atoms with Crippen LogP contribution in [-0.2, 0) is 26.1 Å². The summed E-state index contributed by atoms with van der Waals surface area (Å²) in [5.74, 6) is -0.250. The SMILES string of the molecule is CO[C@H]1C[C@@H](C(=O)NCc2cscn2)CC[C@@H]1NS(=O)(=O)c1ccccc1. The van der Waals surface area contributed by atoms with Gasteiger partial charge >= 0.3 is 0 Å². The number of thiazole rings is 1. The highest BCUT2D eigenvalue weighted by molar-refractivity contribution is 7.89. The van der Waals surface area contributed by atoms with E-state index in [-0.39, 0.29) is 28.9 Å². The van der Waals surface area contributed by atoms with Crippen molar-refractivity contribution in [2.45, 2.75) is 42.8 Å². The van der Waals surface area contributed by atoms with E-state index in [4.69, 9.17) is 4.74 Å². The van der Waals surface area contributed by atoms with Crippen LogP contribution in [0.25, 0.3) is 0 Å².